The molecule has 4 heteroatoms. The quantitative estimate of drug-likeness (QED) is 0.727. The van der Waals surface area contributed by atoms with E-state index in [1.54, 1.807) is 4.90 Å². The summed E-state index contributed by atoms with van der Waals surface area (Å²) in [6.07, 6.45) is 6.75. The zero-order valence-corrected chi connectivity index (χ0v) is 17.9. The number of hydrogen-bond acceptors (Lipinski definition) is 2. The Kier molecular flexibility index (Phi) is 5.69. The Morgan fingerprint density at radius 3 is 2.25 bits per heavy atom. The van der Waals surface area contributed by atoms with Gasteiger partial charge in [0.25, 0.3) is 0 Å². The van der Waals surface area contributed by atoms with Gasteiger partial charge < -0.3 is 10.2 Å². The number of rotatable bonds is 5. The number of carbonyl (C=O) groups is 2. The van der Waals surface area contributed by atoms with Crippen LogP contribution in [-0.4, -0.2) is 29.3 Å². The molecule has 0 heterocycles. The summed E-state index contributed by atoms with van der Waals surface area (Å²) in [5, 5.41) is 3.07. The normalized spacial score (nSPS) is 24.8. The van der Waals surface area contributed by atoms with Crippen LogP contribution >= 0.6 is 0 Å². The number of para-hydroxylation sites is 1. The number of likely N-dealkylation sites (N-methyl/N-ethyl adjacent to an activating group) is 1. The number of anilines is 1. The van der Waals surface area contributed by atoms with Gasteiger partial charge in [-0.3, -0.25) is 9.59 Å². The lowest BCUT2D eigenvalue weighted by Crippen LogP contribution is -2.59. The maximum Gasteiger partial charge on any atom is 0.250 e. The molecule has 4 nitrogen and oxygen atoms in total. The van der Waals surface area contributed by atoms with Gasteiger partial charge in [0.15, 0.2) is 0 Å². The number of allylic oxidation sites excluding steroid dienone is 2. The molecule has 28 heavy (non-hydrogen) atoms. The summed E-state index contributed by atoms with van der Waals surface area (Å²) < 4.78 is 0. The third kappa shape index (κ3) is 3.74. The lowest BCUT2D eigenvalue weighted by atomic mass is 9.79. The molecule has 2 fully saturated rings. The molecule has 3 rings (SSSR count). The Balaban J connectivity index is 1.84. The average molecular weight is 383 g/mol. The molecule has 1 N–H and O–H groups in total. The highest BCUT2D eigenvalue weighted by atomic mass is 16.2. The van der Waals surface area contributed by atoms with E-state index in [2.05, 4.69) is 39.1 Å². The standard InChI is InChI=1S/C24H34N2O2/c1-17(2)16-19-20(23(19,3)4)21(27)26(5)24(14-10-7-11-15-24)22(28)25-18-12-8-6-9-13-18/h6,8-9,12-13,16,19-20H,7,10-11,14-15H2,1-5H3,(H,25,28). The second kappa shape index (κ2) is 7.73. The highest BCUT2D eigenvalue weighted by Gasteiger charge is 2.62. The first kappa shape index (κ1) is 20.6. The van der Waals surface area contributed by atoms with E-state index in [4.69, 9.17) is 0 Å². The molecule has 2 aliphatic rings. The third-order valence-electron chi connectivity index (χ3n) is 6.80. The minimum absolute atomic E-state index is 0.0456. The summed E-state index contributed by atoms with van der Waals surface area (Å²) >= 11 is 0. The van der Waals surface area contributed by atoms with Crippen molar-refractivity contribution in [1.82, 2.24) is 4.90 Å². The van der Waals surface area contributed by atoms with Crippen LogP contribution in [-0.2, 0) is 9.59 Å². The molecular weight excluding hydrogens is 348 g/mol. The number of nitrogens with zero attached hydrogens (tertiary/aromatic N) is 1. The van der Waals surface area contributed by atoms with Crippen molar-refractivity contribution >= 4 is 17.5 Å². The fraction of sp³-hybridized carbons (Fsp3) is 0.583. The molecule has 152 valence electrons. The van der Waals surface area contributed by atoms with Crippen LogP contribution in [0.4, 0.5) is 5.69 Å². The van der Waals surface area contributed by atoms with E-state index in [1.165, 1.54) is 5.57 Å². The van der Waals surface area contributed by atoms with Gasteiger partial charge in [-0.2, -0.15) is 0 Å². The molecule has 2 aliphatic carbocycles. The highest BCUT2D eigenvalue weighted by Crippen LogP contribution is 2.60. The zero-order chi connectivity index (χ0) is 20.5. The number of benzene rings is 1. The molecule has 0 saturated heterocycles. The van der Waals surface area contributed by atoms with Crippen molar-refractivity contribution in [2.45, 2.75) is 65.3 Å². The van der Waals surface area contributed by atoms with E-state index in [0.29, 0.717) is 0 Å². The third-order valence-corrected chi connectivity index (χ3v) is 6.80. The molecule has 2 unspecified atom stereocenters. The number of amides is 2. The number of nitrogens with one attached hydrogen (secondary N) is 1. The van der Waals surface area contributed by atoms with Crippen LogP contribution in [0.3, 0.4) is 0 Å². The van der Waals surface area contributed by atoms with Crippen LogP contribution in [0.5, 0.6) is 0 Å². The van der Waals surface area contributed by atoms with Crippen molar-refractivity contribution in [2.24, 2.45) is 17.3 Å². The second-order valence-corrected chi connectivity index (χ2v) is 9.38. The number of hydrogen-bond donors (Lipinski definition) is 1. The summed E-state index contributed by atoms with van der Waals surface area (Å²) in [6, 6.07) is 9.54. The summed E-state index contributed by atoms with van der Waals surface area (Å²) in [7, 11) is 1.84. The van der Waals surface area contributed by atoms with Gasteiger partial charge in [-0.25, -0.2) is 0 Å². The number of carbonyl (C=O) groups excluding carboxylic acids is 2. The van der Waals surface area contributed by atoms with Gasteiger partial charge in [0.2, 0.25) is 11.8 Å². The van der Waals surface area contributed by atoms with E-state index in [0.717, 1.165) is 37.8 Å². The average Bonchev–Trinajstić information content (AvgIpc) is 3.20. The maximum absolute atomic E-state index is 13.5. The zero-order valence-electron chi connectivity index (χ0n) is 17.9. The van der Waals surface area contributed by atoms with Gasteiger partial charge in [-0.1, -0.05) is 63.0 Å². The topological polar surface area (TPSA) is 49.4 Å². The minimum atomic E-state index is -0.751. The van der Waals surface area contributed by atoms with Crippen LogP contribution in [0, 0.1) is 17.3 Å². The molecule has 2 atom stereocenters. The molecule has 2 saturated carbocycles. The molecule has 0 aliphatic heterocycles. The van der Waals surface area contributed by atoms with Crippen molar-refractivity contribution in [3.63, 3.8) is 0 Å². The second-order valence-electron chi connectivity index (χ2n) is 9.38. The van der Waals surface area contributed by atoms with Crippen molar-refractivity contribution in [3.05, 3.63) is 42.0 Å². The molecule has 0 radical (unpaired) electrons. The summed E-state index contributed by atoms with van der Waals surface area (Å²) in [4.78, 5) is 28.7. The van der Waals surface area contributed by atoms with E-state index >= 15 is 0 Å². The molecule has 0 aromatic heterocycles. The van der Waals surface area contributed by atoms with Gasteiger partial charge in [-0.05, 0) is 50.2 Å². The Morgan fingerprint density at radius 1 is 1.07 bits per heavy atom. The Hall–Kier alpha value is -2.10. The van der Waals surface area contributed by atoms with Gasteiger partial charge in [0.05, 0.1) is 5.92 Å². The molecular formula is C24H34N2O2. The molecule has 1 aromatic carbocycles. The molecule has 0 bridgehead atoms. The predicted molar refractivity (Wildman–Crippen MR) is 114 cm³/mol. The predicted octanol–water partition coefficient (Wildman–Crippen LogP) is 5.02. The van der Waals surface area contributed by atoms with Crippen molar-refractivity contribution in [2.75, 3.05) is 12.4 Å². The van der Waals surface area contributed by atoms with E-state index in [-0.39, 0.29) is 29.1 Å². The van der Waals surface area contributed by atoms with Crippen LogP contribution in [0.1, 0.15) is 59.8 Å². The highest BCUT2D eigenvalue weighted by molar-refractivity contribution is 6.01. The SMILES string of the molecule is CC(C)=CC1C(C(=O)N(C)C2(C(=O)Nc3ccccc3)CCCCC2)C1(C)C. The maximum atomic E-state index is 13.5. The lowest BCUT2D eigenvalue weighted by molar-refractivity contribution is -0.147. The summed E-state index contributed by atoms with van der Waals surface area (Å²) in [5.41, 5.74) is 1.23. The Bertz CT molecular complexity index is 756. The van der Waals surface area contributed by atoms with Crippen LogP contribution in [0.15, 0.2) is 42.0 Å². The van der Waals surface area contributed by atoms with Crippen LogP contribution in [0.25, 0.3) is 0 Å². The van der Waals surface area contributed by atoms with Crippen molar-refractivity contribution in [3.8, 4) is 0 Å². The minimum Gasteiger partial charge on any atom is -0.331 e. The smallest absolute Gasteiger partial charge is 0.250 e. The van der Waals surface area contributed by atoms with Crippen molar-refractivity contribution < 1.29 is 9.59 Å². The van der Waals surface area contributed by atoms with Gasteiger partial charge >= 0.3 is 0 Å². The Labute approximate surface area is 169 Å². The van der Waals surface area contributed by atoms with Gasteiger partial charge in [-0.15, -0.1) is 0 Å². The van der Waals surface area contributed by atoms with Gasteiger partial charge in [0, 0.05) is 12.7 Å². The molecule has 1 aromatic rings. The van der Waals surface area contributed by atoms with Crippen LogP contribution in [0.2, 0.25) is 0 Å². The van der Waals surface area contributed by atoms with Crippen LogP contribution < -0.4 is 5.32 Å². The Morgan fingerprint density at radius 2 is 1.68 bits per heavy atom. The lowest BCUT2D eigenvalue weighted by Gasteiger charge is -2.43. The largest absolute Gasteiger partial charge is 0.331 e. The first-order valence-electron chi connectivity index (χ1n) is 10.5. The fourth-order valence-corrected chi connectivity index (χ4v) is 4.86. The van der Waals surface area contributed by atoms with Crippen molar-refractivity contribution in [1.29, 1.82) is 0 Å². The fourth-order valence-electron chi connectivity index (χ4n) is 4.86. The van der Waals surface area contributed by atoms with E-state index in [9.17, 15) is 9.59 Å². The summed E-state index contributed by atoms with van der Waals surface area (Å²) in [6.45, 7) is 8.47. The monoisotopic (exact) mass is 382 g/mol. The van der Waals surface area contributed by atoms with Gasteiger partial charge in [0.1, 0.15) is 5.54 Å². The molecule has 2 amide bonds. The first-order valence-corrected chi connectivity index (χ1v) is 10.5. The van der Waals surface area contributed by atoms with E-state index < -0.39 is 5.54 Å². The molecule has 0 spiro atoms. The first-order chi connectivity index (χ1) is 13.2. The summed E-state index contributed by atoms with van der Waals surface area (Å²) in [5.74, 6) is 0.269. The van der Waals surface area contributed by atoms with E-state index in [1.807, 2.05) is 37.4 Å².